The molecule has 21 heavy (non-hydrogen) atoms. The summed E-state index contributed by atoms with van der Waals surface area (Å²) >= 11 is 1.37. The van der Waals surface area contributed by atoms with Crippen LogP contribution >= 0.6 is 11.8 Å². The summed E-state index contributed by atoms with van der Waals surface area (Å²) in [5.41, 5.74) is 1.30. The molecule has 0 aliphatic heterocycles. The average Bonchev–Trinajstić information content (AvgIpc) is 2.46. The highest BCUT2D eigenvalue weighted by Gasteiger charge is 2.12. The summed E-state index contributed by atoms with van der Waals surface area (Å²) in [4.78, 5) is 12.9. The molecule has 1 N–H and O–H groups in total. The van der Waals surface area contributed by atoms with Crippen molar-refractivity contribution in [3.63, 3.8) is 0 Å². The first-order valence-electron chi connectivity index (χ1n) is 6.28. The number of aromatic carboxylic acids is 1. The summed E-state index contributed by atoms with van der Waals surface area (Å²) < 4.78 is 10.5. The number of rotatable bonds is 5. The Morgan fingerprint density at radius 2 is 1.67 bits per heavy atom. The fourth-order valence-corrected chi connectivity index (χ4v) is 2.97. The van der Waals surface area contributed by atoms with Crippen LogP contribution in [0.25, 0.3) is 0 Å². The van der Waals surface area contributed by atoms with Crippen LogP contribution in [-0.2, 0) is 0 Å². The summed E-state index contributed by atoms with van der Waals surface area (Å²) in [7, 11) is 3.16. The van der Waals surface area contributed by atoms with E-state index in [9.17, 15) is 9.90 Å². The molecule has 2 aromatic carbocycles. The standard InChI is InChI=1S/C16H16O4S/c1-10-4-5-14(16(17)18)15(6-10)21-13-8-11(19-2)7-12(9-13)20-3/h4-9H,1-3H3,(H,17,18). The molecule has 2 aromatic rings. The number of carbonyl (C=O) groups is 1. The van der Waals surface area contributed by atoms with Gasteiger partial charge < -0.3 is 14.6 Å². The molecule has 0 aromatic heterocycles. The molecule has 0 aliphatic rings. The summed E-state index contributed by atoms with van der Waals surface area (Å²) in [5.74, 6) is 0.398. The zero-order valence-corrected chi connectivity index (χ0v) is 12.9. The van der Waals surface area contributed by atoms with Crippen LogP contribution in [0, 0.1) is 6.92 Å². The van der Waals surface area contributed by atoms with Gasteiger partial charge in [0.1, 0.15) is 11.5 Å². The second-order valence-corrected chi connectivity index (χ2v) is 5.57. The van der Waals surface area contributed by atoms with Crippen molar-refractivity contribution >= 4 is 17.7 Å². The number of carboxylic acids is 1. The first kappa shape index (κ1) is 15.3. The van der Waals surface area contributed by atoms with E-state index in [-0.39, 0.29) is 5.56 Å². The smallest absolute Gasteiger partial charge is 0.336 e. The number of methoxy groups -OCH3 is 2. The van der Waals surface area contributed by atoms with E-state index in [0.717, 1.165) is 10.5 Å². The molecule has 0 spiro atoms. The minimum absolute atomic E-state index is 0.285. The molecular weight excluding hydrogens is 288 g/mol. The molecule has 2 rings (SSSR count). The van der Waals surface area contributed by atoms with Gasteiger partial charge in [-0.1, -0.05) is 17.8 Å². The van der Waals surface area contributed by atoms with Gasteiger partial charge in [-0.25, -0.2) is 4.79 Å². The third-order valence-electron chi connectivity index (χ3n) is 2.92. The van der Waals surface area contributed by atoms with E-state index in [1.54, 1.807) is 32.4 Å². The van der Waals surface area contributed by atoms with E-state index >= 15 is 0 Å². The SMILES string of the molecule is COc1cc(OC)cc(Sc2cc(C)ccc2C(=O)O)c1. The molecular formula is C16H16O4S. The van der Waals surface area contributed by atoms with Gasteiger partial charge in [-0.2, -0.15) is 0 Å². The Labute approximate surface area is 127 Å². The van der Waals surface area contributed by atoms with Crippen molar-refractivity contribution in [3.8, 4) is 11.5 Å². The van der Waals surface area contributed by atoms with Crippen LogP contribution in [0.2, 0.25) is 0 Å². The molecule has 0 unspecified atom stereocenters. The van der Waals surface area contributed by atoms with Gasteiger partial charge in [-0.15, -0.1) is 0 Å². The number of hydrogen-bond donors (Lipinski definition) is 1. The maximum absolute atomic E-state index is 11.3. The molecule has 4 nitrogen and oxygen atoms in total. The van der Waals surface area contributed by atoms with Gasteiger partial charge in [-0.3, -0.25) is 0 Å². The maximum atomic E-state index is 11.3. The molecule has 110 valence electrons. The first-order valence-corrected chi connectivity index (χ1v) is 7.10. The predicted octanol–water partition coefficient (Wildman–Crippen LogP) is 3.86. The molecule has 0 atom stereocenters. The Morgan fingerprint density at radius 1 is 1.05 bits per heavy atom. The quantitative estimate of drug-likeness (QED) is 0.909. The molecule has 0 saturated heterocycles. The zero-order valence-electron chi connectivity index (χ0n) is 12.0. The molecule has 0 heterocycles. The van der Waals surface area contributed by atoms with Crippen LogP contribution in [-0.4, -0.2) is 25.3 Å². The molecule has 0 amide bonds. The van der Waals surface area contributed by atoms with Gasteiger partial charge in [0.25, 0.3) is 0 Å². The monoisotopic (exact) mass is 304 g/mol. The molecule has 5 heteroatoms. The van der Waals surface area contributed by atoms with Crippen molar-refractivity contribution in [1.82, 2.24) is 0 Å². The van der Waals surface area contributed by atoms with Gasteiger partial charge in [-0.05, 0) is 36.8 Å². The van der Waals surface area contributed by atoms with E-state index in [2.05, 4.69) is 0 Å². The topological polar surface area (TPSA) is 55.8 Å². The van der Waals surface area contributed by atoms with E-state index in [1.165, 1.54) is 11.8 Å². The highest BCUT2D eigenvalue weighted by molar-refractivity contribution is 7.99. The predicted molar refractivity (Wildman–Crippen MR) is 81.8 cm³/mol. The largest absolute Gasteiger partial charge is 0.497 e. The summed E-state index contributed by atoms with van der Waals surface area (Å²) in [5, 5.41) is 9.27. The Bertz CT molecular complexity index is 645. The molecule has 0 aliphatic carbocycles. The summed E-state index contributed by atoms with van der Waals surface area (Å²) in [6.45, 7) is 1.93. The highest BCUT2D eigenvalue weighted by atomic mass is 32.2. The fourth-order valence-electron chi connectivity index (χ4n) is 1.86. The summed E-state index contributed by atoms with van der Waals surface area (Å²) in [6.07, 6.45) is 0. The molecule has 0 radical (unpaired) electrons. The zero-order chi connectivity index (χ0) is 15.4. The number of benzene rings is 2. The Hall–Kier alpha value is -2.14. The van der Waals surface area contributed by atoms with Crippen LogP contribution in [0.15, 0.2) is 46.2 Å². The third-order valence-corrected chi connectivity index (χ3v) is 3.95. The van der Waals surface area contributed by atoms with Crippen molar-refractivity contribution in [1.29, 1.82) is 0 Å². The normalized spacial score (nSPS) is 10.2. The number of carboxylic acid groups (broad SMARTS) is 1. The maximum Gasteiger partial charge on any atom is 0.336 e. The molecule has 0 bridgehead atoms. The van der Waals surface area contributed by atoms with Gasteiger partial charge in [0, 0.05) is 15.9 Å². The first-order chi connectivity index (χ1) is 10.0. The highest BCUT2D eigenvalue weighted by Crippen LogP contribution is 2.35. The van der Waals surface area contributed by atoms with E-state index in [0.29, 0.717) is 16.4 Å². The van der Waals surface area contributed by atoms with Crippen molar-refractivity contribution in [2.75, 3.05) is 14.2 Å². The van der Waals surface area contributed by atoms with Gasteiger partial charge in [0.2, 0.25) is 0 Å². The third kappa shape index (κ3) is 3.70. The van der Waals surface area contributed by atoms with Crippen molar-refractivity contribution in [2.45, 2.75) is 16.7 Å². The van der Waals surface area contributed by atoms with Crippen LogP contribution in [0.5, 0.6) is 11.5 Å². The average molecular weight is 304 g/mol. The van der Waals surface area contributed by atoms with Crippen LogP contribution in [0.1, 0.15) is 15.9 Å². The minimum atomic E-state index is -0.938. The van der Waals surface area contributed by atoms with E-state index in [1.807, 2.05) is 25.1 Å². The minimum Gasteiger partial charge on any atom is -0.497 e. The Balaban J connectivity index is 2.42. The summed E-state index contributed by atoms with van der Waals surface area (Å²) in [6, 6.07) is 10.7. The fraction of sp³-hybridized carbons (Fsp3) is 0.188. The van der Waals surface area contributed by atoms with E-state index in [4.69, 9.17) is 9.47 Å². The number of ether oxygens (including phenoxy) is 2. The second-order valence-electron chi connectivity index (χ2n) is 4.46. The van der Waals surface area contributed by atoms with Gasteiger partial charge in [0.05, 0.1) is 19.8 Å². The Kier molecular flexibility index (Phi) is 4.75. The van der Waals surface area contributed by atoms with Crippen molar-refractivity contribution < 1.29 is 19.4 Å². The van der Waals surface area contributed by atoms with Crippen LogP contribution < -0.4 is 9.47 Å². The lowest BCUT2D eigenvalue weighted by molar-refractivity contribution is 0.0693. The van der Waals surface area contributed by atoms with Crippen LogP contribution in [0.4, 0.5) is 0 Å². The number of aryl methyl sites for hydroxylation is 1. The number of hydrogen-bond acceptors (Lipinski definition) is 4. The second kappa shape index (κ2) is 6.54. The molecule has 0 fully saturated rings. The molecule has 0 saturated carbocycles. The lowest BCUT2D eigenvalue weighted by Gasteiger charge is -2.10. The Morgan fingerprint density at radius 3 is 2.19 bits per heavy atom. The lowest BCUT2D eigenvalue weighted by Crippen LogP contribution is -1.99. The van der Waals surface area contributed by atoms with E-state index < -0.39 is 5.97 Å². The lowest BCUT2D eigenvalue weighted by atomic mass is 10.1. The van der Waals surface area contributed by atoms with Gasteiger partial charge in [0.15, 0.2) is 0 Å². The van der Waals surface area contributed by atoms with Crippen molar-refractivity contribution in [2.24, 2.45) is 0 Å². The van der Waals surface area contributed by atoms with Crippen molar-refractivity contribution in [3.05, 3.63) is 47.5 Å². The van der Waals surface area contributed by atoms with Gasteiger partial charge >= 0.3 is 5.97 Å². The van der Waals surface area contributed by atoms with Crippen LogP contribution in [0.3, 0.4) is 0 Å².